The Morgan fingerprint density at radius 1 is 1.17 bits per heavy atom. The summed E-state index contributed by atoms with van der Waals surface area (Å²) in [5, 5.41) is 3.60. The average Bonchev–Trinajstić information content (AvgIpc) is 2.82. The fourth-order valence-electron chi connectivity index (χ4n) is 4.78. The van der Waals surface area contributed by atoms with Crippen LogP contribution >= 0.6 is 31.9 Å². The fourth-order valence-corrected chi connectivity index (χ4v) is 6.39. The lowest BCUT2D eigenvalue weighted by Gasteiger charge is -2.37. The SMILES string of the molecule is CCC(C)(C)C1CCc2nc3ccccc3c(C(=O)OCC(=O)Nc3c(Br)cc(C)cc3Br)c2C1. The van der Waals surface area contributed by atoms with E-state index in [2.05, 4.69) is 57.9 Å². The number of ether oxygens (including phenoxy) is 1. The number of amides is 1. The molecule has 0 saturated heterocycles. The van der Waals surface area contributed by atoms with Gasteiger partial charge in [0.15, 0.2) is 6.61 Å². The lowest BCUT2D eigenvalue weighted by Crippen LogP contribution is -2.31. The number of aryl methyl sites for hydroxylation is 2. The number of anilines is 1. The minimum atomic E-state index is -0.480. The smallest absolute Gasteiger partial charge is 0.339 e. The van der Waals surface area contributed by atoms with Gasteiger partial charge in [0.25, 0.3) is 5.91 Å². The quantitative estimate of drug-likeness (QED) is 0.299. The van der Waals surface area contributed by atoms with Gasteiger partial charge in [0, 0.05) is 20.0 Å². The van der Waals surface area contributed by atoms with Gasteiger partial charge in [-0.3, -0.25) is 9.78 Å². The first-order valence-electron chi connectivity index (χ1n) is 11.9. The molecule has 7 heteroatoms. The van der Waals surface area contributed by atoms with Crippen molar-refractivity contribution in [1.82, 2.24) is 4.98 Å². The van der Waals surface area contributed by atoms with Crippen molar-refractivity contribution in [2.24, 2.45) is 11.3 Å². The highest BCUT2D eigenvalue weighted by molar-refractivity contribution is 9.11. The van der Waals surface area contributed by atoms with Gasteiger partial charge < -0.3 is 10.1 Å². The van der Waals surface area contributed by atoms with Gasteiger partial charge in [-0.1, -0.05) is 45.4 Å². The molecule has 0 saturated carbocycles. The minimum absolute atomic E-state index is 0.166. The zero-order valence-corrected chi connectivity index (χ0v) is 23.7. The molecule has 5 nitrogen and oxygen atoms in total. The number of rotatable bonds is 6. The van der Waals surface area contributed by atoms with Crippen molar-refractivity contribution in [3.63, 3.8) is 0 Å². The molecule has 0 bridgehead atoms. The van der Waals surface area contributed by atoms with Crippen LogP contribution < -0.4 is 5.32 Å². The van der Waals surface area contributed by atoms with Crippen LogP contribution in [0.2, 0.25) is 0 Å². The van der Waals surface area contributed by atoms with Crippen molar-refractivity contribution in [1.29, 1.82) is 0 Å². The number of carbonyl (C=O) groups excluding carboxylic acids is 2. The Hall–Kier alpha value is -2.25. The van der Waals surface area contributed by atoms with E-state index in [0.29, 0.717) is 17.2 Å². The highest BCUT2D eigenvalue weighted by Gasteiger charge is 2.34. The summed E-state index contributed by atoms with van der Waals surface area (Å²) in [5.74, 6) is -0.429. The van der Waals surface area contributed by atoms with E-state index in [1.165, 1.54) is 0 Å². The van der Waals surface area contributed by atoms with Crippen molar-refractivity contribution < 1.29 is 14.3 Å². The monoisotopic (exact) mass is 600 g/mol. The van der Waals surface area contributed by atoms with Crippen LogP contribution in [0, 0.1) is 18.3 Å². The van der Waals surface area contributed by atoms with Crippen LogP contribution in [0.15, 0.2) is 45.3 Å². The van der Waals surface area contributed by atoms with Gasteiger partial charge in [-0.15, -0.1) is 0 Å². The minimum Gasteiger partial charge on any atom is -0.452 e. The largest absolute Gasteiger partial charge is 0.452 e. The molecule has 0 radical (unpaired) electrons. The number of nitrogens with one attached hydrogen (secondary N) is 1. The Morgan fingerprint density at radius 3 is 2.54 bits per heavy atom. The molecular weight excluding hydrogens is 572 g/mol. The summed E-state index contributed by atoms with van der Waals surface area (Å²) >= 11 is 6.96. The molecule has 184 valence electrons. The molecule has 0 aliphatic heterocycles. The van der Waals surface area contributed by atoms with Gasteiger partial charge in [0.2, 0.25) is 0 Å². The predicted octanol–water partition coefficient (Wildman–Crippen LogP) is 7.40. The molecule has 2 aromatic carbocycles. The van der Waals surface area contributed by atoms with E-state index in [1.807, 2.05) is 43.3 Å². The maximum absolute atomic E-state index is 13.4. The Balaban J connectivity index is 1.60. The van der Waals surface area contributed by atoms with Gasteiger partial charge in [-0.2, -0.15) is 0 Å². The van der Waals surface area contributed by atoms with Crippen molar-refractivity contribution in [3.8, 4) is 0 Å². The normalized spacial score (nSPS) is 15.5. The van der Waals surface area contributed by atoms with Crippen molar-refractivity contribution in [3.05, 3.63) is 67.7 Å². The number of hydrogen-bond donors (Lipinski definition) is 1. The molecule has 1 unspecified atom stereocenters. The number of nitrogens with zero attached hydrogens (tertiary/aromatic N) is 1. The summed E-state index contributed by atoms with van der Waals surface area (Å²) in [6.45, 7) is 8.39. The summed E-state index contributed by atoms with van der Waals surface area (Å²) in [4.78, 5) is 31.0. The number of para-hydroxylation sites is 1. The zero-order valence-electron chi connectivity index (χ0n) is 20.5. The van der Waals surface area contributed by atoms with Gasteiger partial charge >= 0.3 is 5.97 Å². The highest BCUT2D eigenvalue weighted by Crippen LogP contribution is 2.41. The lowest BCUT2D eigenvalue weighted by molar-refractivity contribution is -0.119. The predicted molar refractivity (Wildman–Crippen MR) is 147 cm³/mol. The van der Waals surface area contributed by atoms with E-state index in [1.54, 1.807) is 0 Å². The number of benzene rings is 2. The van der Waals surface area contributed by atoms with Crippen LogP contribution in [0.5, 0.6) is 0 Å². The van der Waals surface area contributed by atoms with Crippen LogP contribution in [0.4, 0.5) is 5.69 Å². The second-order valence-electron chi connectivity index (χ2n) is 9.94. The number of esters is 1. The summed E-state index contributed by atoms with van der Waals surface area (Å²) in [5.41, 5.74) is 5.09. The second-order valence-corrected chi connectivity index (χ2v) is 11.6. The first-order chi connectivity index (χ1) is 16.6. The molecular formula is C28H30Br2N2O3. The van der Waals surface area contributed by atoms with Crippen molar-refractivity contribution in [2.45, 2.75) is 53.4 Å². The van der Waals surface area contributed by atoms with E-state index in [4.69, 9.17) is 9.72 Å². The number of hydrogen-bond acceptors (Lipinski definition) is 4. The molecule has 1 aliphatic carbocycles. The zero-order chi connectivity index (χ0) is 25.3. The van der Waals surface area contributed by atoms with Crippen molar-refractivity contribution >= 4 is 60.3 Å². The highest BCUT2D eigenvalue weighted by atomic mass is 79.9. The van der Waals surface area contributed by atoms with E-state index >= 15 is 0 Å². The maximum atomic E-state index is 13.4. The van der Waals surface area contributed by atoms with Gasteiger partial charge in [-0.25, -0.2) is 4.79 Å². The molecule has 3 aromatic rings. The van der Waals surface area contributed by atoms with E-state index in [9.17, 15) is 9.59 Å². The van der Waals surface area contributed by atoms with Crippen molar-refractivity contribution in [2.75, 3.05) is 11.9 Å². The molecule has 1 aromatic heterocycles. The first kappa shape index (κ1) is 25.8. The average molecular weight is 602 g/mol. The molecule has 1 heterocycles. The third kappa shape index (κ3) is 5.46. The van der Waals surface area contributed by atoms with E-state index < -0.39 is 11.9 Å². The fraction of sp³-hybridized carbons (Fsp3) is 0.393. The molecule has 0 fully saturated rings. The van der Waals surface area contributed by atoms with E-state index in [0.717, 1.165) is 62.4 Å². The Kier molecular flexibility index (Phi) is 7.67. The number of halogens is 2. The van der Waals surface area contributed by atoms with Crippen LogP contribution in [0.3, 0.4) is 0 Å². The van der Waals surface area contributed by atoms with E-state index in [-0.39, 0.29) is 12.0 Å². The summed E-state index contributed by atoms with van der Waals surface area (Å²) in [6, 6.07) is 11.5. The number of carbonyl (C=O) groups is 2. The molecule has 1 atom stereocenters. The molecule has 0 spiro atoms. The van der Waals surface area contributed by atoms with Crippen LogP contribution in [-0.2, 0) is 22.4 Å². The van der Waals surface area contributed by atoms with Crippen LogP contribution in [-0.4, -0.2) is 23.5 Å². The summed E-state index contributed by atoms with van der Waals surface area (Å²) in [6.07, 6.45) is 3.74. The van der Waals surface area contributed by atoms with Crippen LogP contribution in [0.1, 0.15) is 60.8 Å². The lowest BCUT2D eigenvalue weighted by atomic mass is 9.68. The molecule has 4 rings (SSSR count). The Morgan fingerprint density at radius 2 is 1.86 bits per heavy atom. The third-order valence-electron chi connectivity index (χ3n) is 7.26. The number of fused-ring (bicyclic) bond motifs is 2. The number of pyridine rings is 1. The van der Waals surface area contributed by atoms with Crippen LogP contribution in [0.25, 0.3) is 10.9 Å². The molecule has 1 aliphatic rings. The van der Waals surface area contributed by atoms with Gasteiger partial charge in [0.1, 0.15) is 0 Å². The van der Waals surface area contributed by atoms with Gasteiger partial charge in [-0.05, 0) is 98.7 Å². The molecule has 1 amide bonds. The first-order valence-corrected chi connectivity index (χ1v) is 13.5. The second kappa shape index (κ2) is 10.4. The summed E-state index contributed by atoms with van der Waals surface area (Å²) < 4.78 is 7.08. The maximum Gasteiger partial charge on any atom is 0.339 e. The summed E-state index contributed by atoms with van der Waals surface area (Å²) in [7, 11) is 0. The standard InChI is InChI=1S/C28H30Br2N2O3/c1-5-28(3,4)17-10-11-23-19(14-17)25(18-8-6-7-9-22(18)31-23)27(34)35-15-24(33)32-26-20(29)12-16(2)13-21(26)30/h6-9,12-13,17H,5,10-11,14-15H2,1-4H3,(H,32,33). The molecule has 35 heavy (non-hydrogen) atoms. The topological polar surface area (TPSA) is 68.3 Å². The Bertz CT molecular complexity index is 1280. The molecule has 1 N–H and O–H groups in total. The van der Waals surface area contributed by atoms with Gasteiger partial charge in [0.05, 0.1) is 16.8 Å². The third-order valence-corrected chi connectivity index (χ3v) is 8.52. The number of aromatic nitrogens is 1. The Labute approximate surface area is 223 Å².